The molecule has 3 aromatic carbocycles. The molecule has 0 N–H and O–H groups in total. The van der Waals surface area contributed by atoms with Gasteiger partial charge in [0.15, 0.2) is 7.14 Å². The smallest absolute Gasteiger partial charge is 0.171 e. The molecule has 0 heterocycles. The molecular weight excluding hydrogens is 443 g/mol. The van der Waals surface area contributed by atoms with Gasteiger partial charge < -0.3 is 4.57 Å². The molecule has 5 rings (SSSR count). The molecule has 0 fully saturated rings. The average Bonchev–Trinajstić information content (AvgIpc) is 3.28. The van der Waals surface area contributed by atoms with Gasteiger partial charge in [-0.2, -0.15) is 0 Å². The maximum Gasteiger partial charge on any atom is 0.171 e. The first-order valence-electron chi connectivity index (χ1n) is 12.9. The van der Waals surface area contributed by atoms with Crippen molar-refractivity contribution < 1.29 is 4.57 Å². The lowest BCUT2D eigenvalue weighted by molar-refractivity contribution is 0.590. The van der Waals surface area contributed by atoms with Crippen molar-refractivity contribution in [2.24, 2.45) is 0 Å². The van der Waals surface area contributed by atoms with Crippen LogP contribution in [0.25, 0.3) is 6.08 Å². The lowest BCUT2D eigenvalue weighted by atomic mass is 9.89. The molecule has 2 aliphatic rings. The SMILES string of the molecule is CCC/C=C(\C1=CC2=C(CCCC2)/C1=C\c1ccccc1)P(=O)(c1ccccc1)c1ccccc1. The van der Waals surface area contributed by atoms with Gasteiger partial charge in [0.1, 0.15) is 0 Å². The largest absolute Gasteiger partial charge is 0.309 e. The van der Waals surface area contributed by atoms with Crippen LogP contribution < -0.4 is 10.6 Å². The third-order valence-electron chi connectivity index (χ3n) is 7.04. The number of benzene rings is 3. The molecule has 0 saturated heterocycles. The Morgan fingerprint density at radius 1 is 0.800 bits per heavy atom. The summed E-state index contributed by atoms with van der Waals surface area (Å²) >= 11 is 0. The topological polar surface area (TPSA) is 17.1 Å². The molecule has 0 bridgehead atoms. The molecule has 0 saturated carbocycles. The van der Waals surface area contributed by atoms with Crippen molar-refractivity contribution in [3.8, 4) is 0 Å². The molecular formula is C33H33OP. The second-order valence-corrected chi connectivity index (χ2v) is 12.1. The van der Waals surface area contributed by atoms with Gasteiger partial charge in [-0.1, -0.05) is 116 Å². The van der Waals surface area contributed by atoms with E-state index in [1.165, 1.54) is 35.1 Å². The lowest BCUT2D eigenvalue weighted by Gasteiger charge is -2.26. The Kier molecular flexibility index (Phi) is 7.16. The zero-order valence-electron chi connectivity index (χ0n) is 20.5. The van der Waals surface area contributed by atoms with E-state index in [0.717, 1.165) is 47.2 Å². The minimum Gasteiger partial charge on any atom is -0.309 e. The molecule has 0 spiro atoms. The van der Waals surface area contributed by atoms with Gasteiger partial charge in [-0.25, -0.2) is 0 Å². The number of hydrogen-bond donors (Lipinski definition) is 0. The molecule has 35 heavy (non-hydrogen) atoms. The normalized spacial score (nSPS) is 17.5. The van der Waals surface area contributed by atoms with Crippen molar-refractivity contribution in [3.63, 3.8) is 0 Å². The Hall–Kier alpha value is -3.15. The Labute approximate surface area is 210 Å². The van der Waals surface area contributed by atoms with E-state index in [1.807, 2.05) is 60.7 Å². The Morgan fingerprint density at radius 2 is 1.37 bits per heavy atom. The van der Waals surface area contributed by atoms with Gasteiger partial charge in [0, 0.05) is 15.9 Å². The van der Waals surface area contributed by atoms with Crippen LogP contribution in [-0.4, -0.2) is 0 Å². The van der Waals surface area contributed by atoms with Crippen LogP contribution >= 0.6 is 7.14 Å². The summed E-state index contributed by atoms with van der Waals surface area (Å²) in [6, 6.07) is 30.8. The minimum atomic E-state index is -3.08. The number of unbranched alkanes of at least 4 members (excludes halogenated alkanes) is 1. The highest BCUT2D eigenvalue weighted by atomic mass is 31.2. The fourth-order valence-corrected chi connectivity index (χ4v) is 8.24. The molecule has 176 valence electrons. The van der Waals surface area contributed by atoms with Crippen LogP contribution in [0.4, 0.5) is 0 Å². The molecule has 2 aliphatic carbocycles. The highest BCUT2D eigenvalue weighted by Crippen LogP contribution is 2.59. The van der Waals surface area contributed by atoms with Crippen LogP contribution in [0.5, 0.6) is 0 Å². The van der Waals surface area contributed by atoms with Crippen molar-refractivity contribution in [1.29, 1.82) is 0 Å². The lowest BCUT2D eigenvalue weighted by Crippen LogP contribution is -2.18. The fraction of sp³-hybridized carbons (Fsp3) is 0.212. The van der Waals surface area contributed by atoms with Gasteiger partial charge in [-0.05, 0) is 66.0 Å². The van der Waals surface area contributed by atoms with Gasteiger partial charge in [-0.15, -0.1) is 0 Å². The standard InChI is InChI=1S/C33H33OP/c1-2-3-23-33(35(34,28-18-9-5-10-19-28)29-20-11-6-12-21-29)32-25-27-17-13-14-22-30(27)31(32)24-26-15-7-4-8-16-26/h4-12,15-16,18-21,23-25H,2-3,13-14,17,22H2,1H3/b31-24+,33-23+. The highest BCUT2D eigenvalue weighted by molar-refractivity contribution is 7.82. The van der Waals surface area contributed by atoms with Crippen LogP contribution in [0.1, 0.15) is 51.0 Å². The first-order valence-corrected chi connectivity index (χ1v) is 14.6. The Balaban J connectivity index is 1.74. The summed E-state index contributed by atoms with van der Waals surface area (Å²) in [6.07, 6.45) is 13.5. The predicted molar refractivity (Wildman–Crippen MR) is 151 cm³/mol. The van der Waals surface area contributed by atoms with E-state index < -0.39 is 7.14 Å². The van der Waals surface area contributed by atoms with E-state index >= 15 is 4.57 Å². The maximum absolute atomic E-state index is 15.5. The quantitative estimate of drug-likeness (QED) is 0.312. The van der Waals surface area contributed by atoms with Crippen LogP contribution in [0.2, 0.25) is 0 Å². The van der Waals surface area contributed by atoms with Crippen molar-refractivity contribution in [2.45, 2.75) is 45.4 Å². The monoisotopic (exact) mass is 476 g/mol. The van der Waals surface area contributed by atoms with Crippen LogP contribution in [-0.2, 0) is 4.57 Å². The summed E-state index contributed by atoms with van der Waals surface area (Å²) < 4.78 is 15.5. The van der Waals surface area contributed by atoms with Gasteiger partial charge >= 0.3 is 0 Å². The molecule has 0 radical (unpaired) electrons. The molecule has 1 nitrogen and oxygen atoms in total. The first-order chi connectivity index (χ1) is 17.2. The van der Waals surface area contributed by atoms with Crippen molar-refractivity contribution >= 4 is 23.8 Å². The minimum absolute atomic E-state index is 0.901. The second-order valence-electron chi connectivity index (χ2n) is 9.40. The van der Waals surface area contributed by atoms with E-state index in [-0.39, 0.29) is 0 Å². The molecule has 3 aromatic rings. The fourth-order valence-electron chi connectivity index (χ4n) is 5.30. The highest BCUT2D eigenvalue weighted by Gasteiger charge is 2.37. The summed E-state index contributed by atoms with van der Waals surface area (Å²) in [5, 5.41) is 2.80. The van der Waals surface area contributed by atoms with Gasteiger partial charge in [0.05, 0.1) is 0 Å². The molecule has 0 amide bonds. The van der Waals surface area contributed by atoms with E-state index in [9.17, 15) is 0 Å². The van der Waals surface area contributed by atoms with Crippen LogP contribution in [0.3, 0.4) is 0 Å². The van der Waals surface area contributed by atoms with Crippen molar-refractivity contribution in [1.82, 2.24) is 0 Å². The van der Waals surface area contributed by atoms with E-state index in [2.05, 4.69) is 55.5 Å². The number of rotatable bonds is 7. The van der Waals surface area contributed by atoms with E-state index in [1.54, 1.807) is 0 Å². The maximum atomic E-state index is 15.5. The zero-order valence-corrected chi connectivity index (χ0v) is 21.4. The summed E-state index contributed by atoms with van der Waals surface area (Å²) in [5.41, 5.74) is 6.50. The summed E-state index contributed by atoms with van der Waals surface area (Å²) in [6.45, 7) is 2.19. The first kappa shape index (κ1) is 23.6. The van der Waals surface area contributed by atoms with Crippen molar-refractivity contribution in [3.05, 3.63) is 136 Å². The molecule has 2 heteroatoms. The Bertz CT molecular complexity index is 1300. The third kappa shape index (κ3) is 4.71. The third-order valence-corrected chi connectivity index (χ3v) is 10.2. The van der Waals surface area contributed by atoms with Gasteiger partial charge in [-0.3, -0.25) is 0 Å². The van der Waals surface area contributed by atoms with Crippen molar-refractivity contribution in [2.75, 3.05) is 0 Å². The average molecular weight is 477 g/mol. The molecule has 0 atom stereocenters. The summed E-state index contributed by atoms with van der Waals surface area (Å²) in [7, 11) is -3.08. The number of hydrogen-bond acceptors (Lipinski definition) is 1. The zero-order chi connectivity index (χ0) is 24.1. The Morgan fingerprint density at radius 3 is 1.97 bits per heavy atom. The number of allylic oxidation sites excluding steroid dienone is 7. The van der Waals surface area contributed by atoms with Crippen LogP contribution in [0, 0.1) is 0 Å². The summed E-state index contributed by atoms with van der Waals surface area (Å²) in [5.74, 6) is 0. The molecule has 0 unspecified atom stereocenters. The van der Waals surface area contributed by atoms with Gasteiger partial charge in [0.25, 0.3) is 0 Å². The van der Waals surface area contributed by atoms with E-state index in [0.29, 0.717) is 0 Å². The summed E-state index contributed by atoms with van der Waals surface area (Å²) in [4.78, 5) is 0. The predicted octanol–water partition coefficient (Wildman–Crippen LogP) is 8.58. The van der Waals surface area contributed by atoms with Crippen LogP contribution in [0.15, 0.2) is 131 Å². The van der Waals surface area contributed by atoms with E-state index in [4.69, 9.17) is 0 Å². The molecule has 0 aromatic heterocycles. The second kappa shape index (κ2) is 10.6. The molecule has 0 aliphatic heterocycles. The van der Waals surface area contributed by atoms with Gasteiger partial charge in [0.2, 0.25) is 0 Å².